The lowest BCUT2D eigenvalue weighted by Gasteiger charge is -2.32. The van der Waals surface area contributed by atoms with Crippen molar-refractivity contribution in [1.29, 1.82) is 0 Å². The molecule has 2 heterocycles. The van der Waals surface area contributed by atoms with Gasteiger partial charge in [0.25, 0.3) is 0 Å². The van der Waals surface area contributed by atoms with Gasteiger partial charge in [0.15, 0.2) is 0 Å². The summed E-state index contributed by atoms with van der Waals surface area (Å²) in [7, 11) is 0. The average molecular weight is 583 g/mol. The van der Waals surface area contributed by atoms with Crippen LogP contribution in [-0.4, -0.2) is 43.5 Å². The lowest BCUT2D eigenvalue weighted by Crippen LogP contribution is -2.44. The molecule has 216 valence electrons. The van der Waals surface area contributed by atoms with Gasteiger partial charge in [-0.3, -0.25) is 4.98 Å². The first-order valence-corrected chi connectivity index (χ1v) is 14.6. The molecule has 0 amide bonds. The summed E-state index contributed by atoms with van der Waals surface area (Å²) in [5, 5.41) is 7.13. The van der Waals surface area contributed by atoms with Gasteiger partial charge in [-0.15, -0.1) is 11.8 Å². The smallest absolute Gasteiger partial charge is 0.385 e. The number of pyridine rings is 1. The Hall–Kier alpha value is -2.66. The molecule has 11 heteroatoms. The number of hydrogen-bond acceptors (Lipinski definition) is 5. The highest BCUT2D eigenvalue weighted by Gasteiger charge is 2.36. The quantitative estimate of drug-likeness (QED) is 0.221. The van der Waals surface area contributed by atoms with E-state index in [2.05, 4.69) is 15.6 Å². The molecule has 2 aliphatic rings. The zero-order chi connectivity index (χ0) is 28.3. The van der Waals surface area contributed by atoms with E-state index in [9.17, 15) is 26.3 Å². The van der Waals surface area contributed by atoms with E-state index in [0.717, 1.165) is 53.9 Å². The number of hydrogen-bond donors (Lipinski definition) is 2. The van der Waals surface area contributed by atoms with Crippen LogP contribution in [0.1, 0.15) is 36.8 Å². The Morgan fingerprint density at radius 1 is 0.875 bits per heavy atom. The maximum atomic E-state index is 13.8. The standard InChI is InChI=1S/C29H32F6N4S/c30-28(31,32)21-5-7-23-25(15-21)37-10-9-27(23)40-18-20-3-1-19(2-4-20)17-38-22-6-8-26(24(16-22)29(33,34)35)39-13-11-36-12-14-39/h5-10,15-16,19-20,36,38H,1-4,11-14,17-18H2. The second-order valence-electron chi connectivity index (χ2n) is 10.6. The molecule has 3 aromatic rings. The topological polar surface area (TPSA) is 40.2 Å². The largest absolute Gasteiger partial charge is 0.418 e. The number of rotatable bonds is 7. The first-order chi connectivity index (χ1) is 19.1. The minimum atomic E-state index is -4.42. The van der Waals surface area contributed by atoms with Crippen LogP contribution in [0, 0.1) is 11.8 Å². The van der Waals surface area contributed by atoms with Gasteiger partial charge in [-0.05, 0) is 73.9 Å². The third kappa shape index (κ3) is 6.97. The summed E-state index contributed by atoms with van der Waals surface area (Å²) >= 11 is 1.65. The van der Waals surface area contributed by atoms with E-state index in [1.807, 2.05) is 6.07 Å². The van der Waals surface area contributed by atoms with Gasteiger partial charge < -0.3 is 15.5 Å². The van der Waals surface area contributed by atoms with E-state index < -0.39 is 23.5 Å². The van der Waals surface area contributed by atoms with Crippen LogP contribution in [0.25, 0.3) is 10.9 Å². The first kappa shape index (κ1) is 28.9. The summed E-state index contributed by atoms with van der Waals surface area (Å²) in [6.07, 6.45) is -3.29. The third-order valence-electron chi connectivity index (χ3n) is 7.83. The molecule has 5 rings (SSSR count). The van der Waals surface area contributed by atoms with Crippen molar-refractivity contribution in [3.63, 3.8) is 0 Å². The molecule has 40 heavy (non-hydrogen) atoms. The van der Waals surface area contributed by atoms with Crippen LogP contribution in [0.15, 0.2) is 53.6 Å². The Balaban J connectivity index is 1.13. The number of piperazine rings is 1. The molecule has 1 aromatic heterocycles. The minimum absolute atomic E-state index is 0.236. The highest BCUT2D eigenvalue weighted by Crippen LogP contribution is 2.40. The van der Waals surface area contributed by atoms with Crippen LogP contribution in [0.5, 0.6) is 0 Å². The second kappa shape index (κ2) is 12.1. The van der Waals surface area contributed by atoms with Crippen LogP contribution >= 0.6 is 11.8 Å². The van der Waals surface area contributed by atoms with Gasteiger partial charge in [0.2, 0.25) is 0 Å². The predicted molar refractivity (Wildman–Crippen MR) is 148 cm³/mol. The number of thioether (sulfide) groups is 1. The van der Waals surface area contributed by atoms with Crippen molar-refractivity contribution in [1.82, 2.24) is 10.3 Å². The summed E-state index contributed by atoms with van der Waals surface area (Å²) in [4.78, 5) is 6.84. The van der Waals surface area contributed by atoms with Crippen molar-refractivity contribution in [2.24, 2.45) is 11.8 Å². The number of halogens is 6. The summed E-state index contributed by atoms with van der Waals surface area (Å²) < 4.78 is 80.7. The summed E-state index contributed by atoms with van der Waals surface area (Å²) in [6.45, 7) is 3.06. The fourth-order valence-corrected chi connectivity index (χ4v) is 6.78. The van der Waals surface area contributed by atoms with Crippen molar-refractivity contribution in [2.45, 2.75) is 42.9 Å². The number of fused-ring (bicyclic) bond motifs is 1. The Bertz CT molecular complexity index is 1300. The molecule has 0 unspecified atom stereocenters. The Labute approximate surface area is 233 Å². The number of nitrogens with zero attached hydrogens (tertiary/aromatic N) is 2. The van der Waals surface area contributed by atoms with Crippen LogP contribution < -0.4 is 15.5 Å². The maximum absolute atomic E-state index is 13.8. The van der Waals surface area contributed by atoms with Crippen LogP contribution in [0.3, 0.4) is 0 Å². The lowest BCUT2D eigenvalue weighted by atomic mass is 9.83. The average Bonchev–Trinajstić information content (AvgIpc) is 2.94. The molecule has 0 spiro atoms. The zero-order valence-corrected chi connectivity index (χ0v) is 22.7. The second-order valence-corrected chi connectivity index (χ2v) is 11.6. The van der Waals surface area contributed by atoms with Gasteiger partial charge in [-0.1, -0.05) is 6.07 Å². The summed E-state index contributed by atoms with van der Waals surface area (Å²) in [6, 6.07) is 10.1. The molecule has 1 saturated heterocycles. The lowest BCUT2D eigenvalue weighted by molar-refractivity contribution is -0.138. The normalized spacial score (nSPS) is 20.6. The van der Waals surface area contributed by atoms with Crippen molar-refractivity contribution < 1.29 is 26.3 Å². The molecule has 2 aromatic carbocycles. The molecular weight excluding hydrogens is 550 g/mol. The van der Waals surface area contributed by atoms with Gasteiger partial charge >= 0.3 is 12.4 Å². The van der Waals surface area contributed by atoms with Gasteiger partial charge in [-0.25, -0.2) is 0 Å². The number of alkyl halides is 6. The number of nitrogens with one attached hydrogen (secondary N) is 2. The monoisotopic (exact) mass is 582 g/mol. The van der Waals surface area contributed by atoms with E-state index in [4.69, 9.17) is 0 Å². The van der Waals surface area contributed by atoms with Gasteiger partial charge in [-0.2, -0.15) is 26.3 Å². The summed E-state index contributed by atoms with van der Waals surface area (Å²) in [5.74, 6) is 1.72. The SMILES string of the molecule is FC(F)(F)c1ccc2c(SCC3CCC(CNc4ccc(N5CCNCC5)c(C(F)(F)F)c4)CC3)ccnc2c1. The number of aromatic nitrogens is 1. The molecule has 0 bridgehead atoms. The van der Waals surface area contributed by atoms with E-state index in [1.54, 1.807) is 35.0 Å². The Morgan fingerprint density at radius 2 is 1.60 bits per heavy atom. The zero-order valence-electron chi connectivity index (χ0n) is 21.9. The van der Waals surface area contributed by atoms with E-state index in [0.29, 0.717) is 55.8 Å². The van der Waals surface area contributed by atoms with E-state index in [-0.39, 0.29) is 5.69 Å². The molecule has 1 aliphatic heterocycles. The van der Waals surface area contributed by atoms with Crippen molar-refractivity contribution in [3.8, 4) is 0 Å². The van der Waals surface area contributed by atoms with Crippen molar-refractivity contribution >= 4 is 34.0 Å². The van der Waals surface area contributed by atoms with Crippen molar-refractivity contribution in [3.05, 3.63) is 59.8 Å². The Kier molecular flexibility index (Phi) is 8.70. The Morgan fingerprint density at radius 3 is 2.30 bits per heavy atom. The van der Waals surface area contributed by atoms with Crippen molar-refractivity contribution in [2.75, 3.05) is 48.7 Å². The molecule has 0 radical (unpaired) electrons. The highest BCUT2D eigenvalue weighted by molar-refractivity contribution is 7.99. The molecule has 0 atom stereocenters. The fraction of sp³-hybridized carbons (Fsp3) is 0.483. The van der Waals surface area contributed by atoms with Crippen LogP contribution in [0.2, 0.25) is 0 Å². The highest BCUT2D eigenvalue weighted by atomic mass is 32.2. The van der Waals surface area contributed by atoms with Gasteiger partial charge in [0.1, 0.15) is 0 Å². The molecule has 2 N–H and O–H groups in total. The van der Waals surface area contributed by atoms with E-state index in [1.165, 1.54) is 12.1 Å². The van der Waals surface area contributed by atoms with Crippen LogP contribution in [0.4, 0.5) is 37.7 Å². The predicted octanol–water partition coefficient (Wildman–Crippen LogP) is 7.69. The molecule has 1 aliphatic carbocycles. The molecule has 4 nitrogen and oxygen atoms in total. The molecule has 2 fully saturated rings. The third-order valence-corrected chi connectivity index (χ3v) is 9.13. The molecule has 1 saturated carbocycles. The first-order valence-electron chi connectivity index (χ1n) is 13.6. The molecular formula is C29H32F6N4S. The number of anilines is 2. The number of benzene rings is 2. The maximum Gasteiger partial charge on any atom is 0.418 e. The minimum Gasteiger partial charge on any atom is -0.385 e. The van der Waals surface area contributed by atoms with Gasteiger partial charge in [0, 0.05) is 66.3 Å². The fourth-order valence-electron chi connectivity index (χ4n) is 5.55. The summed E-state index contributed by atoms with van der Waals surface area (Å²) in [5.41, 5.74) is -0.239. The van der Waals surface area contributed by atoms with E-state index >= 15 is 0 Å². The van der Waals surface area contributed by atoms with Crippen LogP contribution in [-0.2, 0) is 12.4 Å². The van der Waals surface area contributed by atoms with Gasteiger partial charge in [0.05, 0.1) is 16.6 Å².